The standard InChI is InChI=1S/C31H38FNO5S/c1-3-6-19(14-20-10-11-26(35)25(32)15-20)9-12-27(36)28-21(7-4-2)16-23-29(24(28)18-34)31(38)33(30(23)37)17-22-8-5-13-39-22/h5,8,10-11,13-15,23-24,27,29,34-36H,3-4,6-7,9,12,16-18H2,1-2H3/b19-14+/t23-,24+,27-,29-/m1/s1. The van der Waals surface area contributed by atoms with E-state index in [1.165, 1.54) is 28.4 Å². The fraction of sp³-hybridized carbons (Fsp3) is 0.484. The quantitative estimate of drug-likeness (QED) is 0.226. The molecule has 2 heterocycles. The van der Waals surface area contributed by atoms with Crippen LogP contribution in [0.5, 0.6) is 5.75 Å². The monoisotopic (exact) mass is 555 g/mol. The molecule has 210 valence electrons. The second-order valence-corrected chi connectivity index (χ2v) is 11.6. The Hall–Kier alpha value is -2.81. The Kier molecular flexibility index (Phi) is 9.75. The average Bonchev–Trinajstić information content (AvgIpc) is 3.51. The summed E-state index contributed by atoms with van der Waals surface area (Å²) >= 11 is 1.50. The highest BCUT2D eigenvalue weighted by molar-refractivity contribution is 7.09. The van der Waals surface area contributed by atoms with Crippen LogP contribution < -0.4 is 0 Å². The number of hydrogen-bond donors (Lipinski definition) is 3. The molecule has 1 aliphatic heterocycles. The first kappa shape index (κ1) is 29.2. The maximum Gasteiger partial charge on any atom is 0.234 e. The minimum Gasteiger partial charge on any atom is -0.505 e. The highest BCUT2D eigenvalue weighted by atomic mass is 32.1. The number of likely N-dealkylation sites (tertiary alicyclic amines) is 1. The van der Waals surface area contributed by atoms with Gasteiger partial charge in [-0.3, -0.25) is 14.5 Å². The van der Waals surface area contributed by atoms with Crippen molar-refractivity contribution >= 4 is 29.2 Å². The molecule has 1 fully saturated rings. The van der Waals surface area contributed by atoms with Crippen LogP contribution in [0.4, 0.5) is 4.39 Å². The summed E-state index contributed by atoms with van der Waals surface area (Å²) in [5.74, 6) is -3.30. The van der Waals surface area contributed by atoms with Crippen LogP contribution in [0.15, 0.2) is 52.4 Å². The van der Waals surface area contributed by atoms with Crippen LogP contribution in [-0.2, 0) is 16.1 Å². The third kappa shape index (κ3) is 6.34. The van der Waals surface area contributed by atoms with Crippen molar-refractivity contribution in [2.45, 2.75) is 71.4 Å². The number of phenolic OH excluding ortho intramolecular Hbond substituents is 1. The summed E-state index contributed by atoms with van der Waals surface area (Å²) in [5, 5.41) is 33.4. The molecule has 0 spiro atoms. The highest BCUT2D eigenvalue weighted by Crippen LogP contribution is 2.47. The van der Waals surface area contributed by atoms with Crippen LogP contribution in [0, 0.1) is 23.6 Å². The summed E-state index contributed by atoms with van der Waals surface area (Å²) in [4.78, 5) is 29.2. The molecular formula is C31H38FNO5S. The molecule has 1 aliphatic carbocycles. The number of imide groups is 1. The van der Waals surface area contributed by atoms with Gasteiger partial charge in [0.2, 0.25) is 11.8 Å². The molecule has 0 bridgehead atoms. The van der Waals surface area contributed by atoms with E-state index in [1.807, 2.05) is 30.5 Å². The van der Waals surface area contributed by atoms with Gasteiger partial charge in [0.05, 0.1) is 31.1 Å². The van der Waals surface area contributed by atoms with Crippen LogP contribution in [0.3, 0.4) is 0 Å². The predicted octanol–water partition coefficient (Wildman–Crippen LogP) is 5.83. The number of nitrogens with zero attached hydrogens (tertiary/aromatic N) is 1. The molecule has 6 nitrogen and oxygen atoms in total. The zero-order valence-corrected chi connectivity index (χ0v) is 23.4. The number of aliphatic hydroxyl groups is 2. The van der Waals surface area contributed by atoms with Crippen LogP contribution in [-0.4, -0.2) is 44.7 Å². The van der Waals surface area contributed by atoms with Crippen LogP contribution in [0.25, 0.3) is 6.08 Å². The van der Waals surface area contributed by atoms with Gasteiger partial charge in [0.25, 0.3) is 0 Å². The average molecular weight is 556 g/mol. The van der Waals surface area contributed by atoms with Crippen LogP contribution >= 0.6 is 11.3 Å². The van der Waals surface area contributed by atoms with E-state index in [0.717, 1.165) is 35.3 Å². The van der Waals surface area contributed by atoms with Gasteiger partial charge in [-0.1, -0.05) is 56.0 Å². The molecule has 1 aromatic heterocycles. The first-order valence-electron chi connectivity index (χ1n) is 13.8. The van der Waals surface area contributed by atoms with Gasteiger partial charge >= 0.3 is 0 Å². The minimum atomic E-state index is -0.865. The third-order valence-electron chi connectivity index (χ3n) is 7.93. The number of allylic oxidation sites excluding steroid dienone is 2. The second kappa shape index (κ2) is 13.0. The number of carbonyl (C=O) groups excluding carboxylic acids is 2. The van der Waals surface area contributed by atoms with Gasteiger partial charge in [0.15, 0.2) is 11.6 Å². The van der Waals surface area contributed by atoms with Gasteiger partial charge in [0, 0.05) is 10.8 Å². The summed E-state index contributed by atoms with van der Waals surface area (Å²) in [7, 11) is 0. The molecule has 4 atom stereocenters. The molecule has 1 saturated heterocycles. The summed E-state index contributed by atoms with van der Waals surface area (Å²) in [6, 6.07) is 8.06. The number of benzene rings is 1. The van der Waals surface area contributed by atoms with Crippen molar-refractivity contribution in [2.24, 2.45) is 17.8 Å². The molecule has 2 aromatic rings. The van der Waals surface area contributed by atoms with Crippen molar-refractivity contribution in [2.75, 3.05) is 6.61 Å². The molecule has 3 N–H and O–H groups in total. The van der Waals surface area contributed by atoms with Crippen molar-refractivity contribution in [1.82, 2.24) is 4.90 Å². The fourth-order valence-electron chi connectivity index (χ4n) is 6.19. The van der Waals surface area contributed by atoms with E-state index in [-0.39, 0.29) is 25.0 Å². The number of hydrogen-bond acceptors (Lipinski definition) is 6. The Labute approximate surface area is 233 Å². The molecular weight excluding hydrogens is 517 g/mol. The number of aromatic hydroxyl groups is 1. The smallest absolute Gasteiger partial charge is 0.234 e. The Morgan fingerprint density at radius 1 is 1.18 bits per heavy atom. The van der Waals surface area contributed by atoms with E-state index in [0.29, 0.717) is 36.8 Å². The normalized spacial score (nSPS) is 22.5. The lowest BCUT2D eigenvalue weighted by atomic mass is 9.67. The van der Waals surface area contributed by atoms with Crippen LogP contribution in [0.2, 0.25) is 0 Å². The Morgan fingerprint density at radius 2 is 1.97 bits per heavy atom. The highest BCUT2D eigenvalue weighted by Gasteiger charge is 2.54. The number of halogens is 1. The molecule has 0 unspecified atom stereocenters. The van der Waals surface area contributed by atoms with Crippen molar-refractivity contribution in [3.05, 3.63) is 68.7 Å². The summed E-state index contributed by atoms with van der Waals surface area (Å²) in [6.07, 6.45) is 5.59. The first-order valence-corrected chi connectivity index (χ1v) is 14.7. The molecule has 0 saturated carbocycles. The van der Waals surface area contributed by atoms with Gasteiger partial charge in [-0.25, -0.2) is 4.39 Å². The zero-order chi connectivity index (χ0) is 28.1. The predicted molar refractivity (Wildman–Crippen MR) is 150 cm³/mol. The number of amides is 2. The molecule has 2 amide bonds. The number of phenols is 1. The SMILES string of the molecule is CCCC1=C([C@H](O)CC/C(=C/c2ccc(O)c(F)c2)CCC)[C@H](CO)[C@@H]2C(=O)N(Cc3cccs3)C(=O)[C@@H]2C1. The topological polar surface area (TPSA) is 98.1 Å². The molecule has 4 rings (SSSR count). The van der Waals surface area contributed by atoms with Gasteiger partial charge in [0.1, 0.15) is 0 Å². The first-order chi connectivity index (χ1) is 18.8. The molecule has 1 aromatic carbocycles. The van der Waals surface area contributed by atoms with Crippen LogP contribution in [0.1, 0.15) is 69.2 Å². The summed E-state index contributed by atoms with van der Waals surface area (Å²) < 4.78 is 13.9. The van der Waals surface area contributed by atoms with E-state index in [1.54, 1.807) is 6.07 Å². The van der Waals surface area contributed by atoms with Gasteiger partial charge < -0.3 is 15.3 Å². The summed E-state index contributed by atoms with van der Waals surface area (Å²) in [5.41, 5.74) is 3.38. The van der Waals surface area contributed by atoms with Gasteiger partial charge in [-0.15, -0.1) is 11.3 Å². The lowest BCUT2D eigenvalue weighted by molar-refractivity contribution is -0.140. The van der Waals surface area contributed by atoms with E-state index in [9.17, 15) is 29.3 Å². The maximum atomic E-state index is 13.9. The van der Waals surface area contributed by atoms with Crippen molar-refractivity contribution in [1.29, 1.82) is 0 Å². The van der Waals surface area contributed by atoms with Crippen molar-refractivity contribution in [3.8, 4) is 5.75 Å². The van der Waals surface area contributed by atoms with E-state index in [2.05, 4.69) is 6.92 Å². The lowest BCUT2D eigenvalue weighted by Gasteiger charge is -2.36. The van der Waals surface area contributed by atoms with Crippen molar-refractivity contribution < 1.29 is 29.3 Å². The van der Waals surface area contributed by atoms with E-state index in [4.69, 9.17) is 0 Å². The largest absolute Gasteiger partial charge is 0.505 e. The third-order valence-corrected chi connectivity index (χ3v) is 8.79. The maximum absolute atomic E-state index is 13.9. The Balaban J connectivity index is 1.57. The second-order valence-electron chi connectivity index (χ2n) is 10.6. The number of rotatable bonds is 12. The molecule has 8 heteroatoms. The number of carbonyl (C=O) groups is 2. The van der Waals surface area contributed by atoms with E-state index < -0.39 is 35.4 Å². The van der Waals surface area contributed by atoms with Gasteiger partial charge in [-0.2, -0.15) is 0 Å². The summed E-state index contributed by atoms with van der Waals surface area (Å²) in [6.45, 7) is 4.03. The Bertz CT molecular complexity index is 1240. The lowest BCUT2D eigenvalue weighted by Crippen LogP contribution is -2.39. The van der Waals surface area contributed by atoms with Crippen molar-refractivity contribution in [3.63, 3.8) is 0 Å². The Morgan fingerprint density at radius 3 is 2.62 bits per heavy atom. The number of aliphatic hydroxyl groups excluding tert-OH is 2. The molecule has 0 radical (unpaired) electrons. The molecule has 39 heavy (non-hydrogen) atoms. The van der Waals surface area contributed by atoms with E-state index >= 15 is 0 Å². The zero-order valence-electron chi connectivity index (χ0n) is 22.6. The fourth-order valence-corrected chi connectivity index (χ4v) is 6.89. The minimum absolute atomic E-state index is 0.187. The number of thiophene rings is 1. The number of fused-ring (bicyclic) bond motifs is 1. The van der Waals surface area contributed by atoms with Gasteiger partial charge in [-0.05, 0) is 66.8 Å². The molecule has 2 aliphatic rings.